The summed E-state index contributed by atoms with van der Waals surface area (Å²) >= 11 is 0. The third-order valence-corrected chi connectivity index (χ3v) is 3.36. The Hall–Kier alpha value is -1.59. The number of nitrogens with zero attached hydrogens (tertiary/aromatic N) is 2. The molecule has 1 heterocycles. The van der Waals surface area contributed by atoms with Gasteiger partial charge in [-0.2, -0.15) is 0 Å². The second-order valence-electron chi connectivity index (χ2n) is 5.46. The van der Waals surface area contributed by atoms with Crippen molar-refractivity contribution in [1.82, 2.24) is 15.5 Å². The maximum Gasteiger partial charge on any atom is 0.315 e. The second-order valence-corrected chi connectivity index (χ2v) is 5.46. The summed E-state index contributed by atoms with van der Waals surface area (Å²) in [5.41, 5.74) is 2.75. The molecule has 2 N–H and O–H groups in total. The fraction of sp³-hybridized carbons (Fsp3) is 0.500. The van der Waals surface area contributed by atoms with E-state index in [1.807, 2.05) is 7.05 Å². The molecule has 0 radical (unpaired) electrons. The molecule has 0 aliphatic rings. The Morgan fingerprint density at radius 3 is 2.50 bits per heavy atom. The first kappa shape index (κ1) is 18.5. The van der Waals surface area contributed by atoms with E-state index in [0.29, 0.717) is 24.4 Å². The van der Waals surface area contributed by atoms with E-state index >= 15 is 0 Å². The lowest BCUT2D eigenvalue weighted by Gasteiger charge is -2.07. The maximum absolute atomic E-state index is 5.42. The van der Waals surface area contributed by atoms with Gasteiger partial charge in [-0.15, -0.1) is 17.5 Å². The van der Waals surface area contributed by atoms with Gasteiger partial charge in [0.05, 0.1) is 6.54 Å². The molecule has 0 aliphatic carbocycles. The zero-order valence-corrected chi connectivity index (χ0v) is 14.2. The third kappa shape index (κ3) is 5.66. The van der Waals surface area contributed by atoms with E-state index in [1.54, 1.807) is 0 Å². The summed E-state index contributed by atoms with van der Waals surface area (Å²) < 4.78 is 5.42. The van der Waals surface area contributed by atoms with Crippen molar-refractivity contribution in [3.8, 4) is 0 Å². The number of hydrogen-bond donors (Lipinski definition) is 2. The molecule has 5 nitrogen and oxygen atoms in total. The Balaban J connectivity index is 0.00000242. The standard InChI is InChI=1S/C16H24N4O.ClH/c1-12(2)14-8-6-13(7-9-14)5-4-10-18-16-20-19-15(21-16)11-17-3;/h6-9,12,17H,4-5,10-11H2,1-3H3,(H,18,20);1H. The molecule has 0 saturated carbocycles. The van der Waals surface area contributed by atoms with Gasteiger partial charge in [0, 0.05) is 6.54 Å². The van der Waals surface area contributed by atoms with E-state index in [-0.39, 0.29) is 12.4 Å². The molecule has 122 valence electrons. The first-order valence-electron chi connectivity index (χ1n) is 7.48. The van der Waals surface area contributed by atoms with Crippen LogP contribution in [0, 0.1) is 0 Å². The molecular formula is C16H25ClN4O. The Labute approximate surface area is 138 Å². The highest BCUT2D eigenvalue weighted by Gasteiger charge is 2.04. The minimum Gasteiger partial charge on any atom is -0.407 e. The number of rotatable bonds is 8. The lowest BCUT2D eigenvalue weighted by atomic mass is 10.0. The van der Waals surface area contributed by atoms with Crippen LogP contribution in [0.4, 0.5) is 6.01 Å². The summed E-state index contributed by atoms with van der Waals surface area (Å²) in [6.07, 6.45) is 2.08. The third-order valence-electron chi connectivity index (χ3n) is 3.36. The predicted molar refractivity (Wildman–Crippen MR) is 91.7 cm³/mol. The topological polar surface area (TPSA) is 63.0 Å². The highest BCUT2D eigenvalue weighted by atomic mass is 35.5. The van der Waals surface area contributed by atoms with Crippen LogP contribution < -0.4 is 10.6 Å². The average molecular weight is 325 g/mol. The highest BCUT2D eigenvalue weighted by Crippen LogP contribution is 2.15. The molecule has 0 spiro atoms. The molecule has 0 atom stereocenters. The normalized spacial score (nSPS) is 10.5. The van der Waals surface area contributed by atoms with E-state index in [1.165, 1.54) is 11.1 Å². The van der Waals surface area contributed by atoms with Crippen LogP contribution in [0.2, 0.25) is 0 Å². The van der Waals surface area contributed by atoms with Crippen molar-refractivity contribution in [2.75, 3.05) is 18.9 Å². The van der Waals surface area contributed by atoms with Crippen molar-refractivity contribution in [2.24, 2.45) is 0 Å². The number of hydrogen-bond acceptors (Lipinski definition) is 5. The van der Waals surface area contributed by atoms with E-state index < -0.39 is 0 Å². The van der Waals surface area contributed by atoms with Crippen molar-refractivity contribution in [1.29, 1.82) is 0 Å². The van der Waals surface area contributed by atoms with Gasteiger partial charge >= 0.3 is 6.01 Å². The Bertz CT molecular complexity index is 539. The van der Waals surface area contributed by atoms with Crippen LogP contribution in [0.5, 0.6) is 0 Å². The van der Waals surface area contributed by atoms with Gasteiger partial charge in [0.2, 0.25) is 5.89 Å². The quantitative estimate of drug-likeness (QED) is 0.729. The molecule has 1 aromatic carbocycles. The van der Waals surface area contributed by atoms with Gasteiger partial charge in [-0.3, -0.25) is 0 Å². The Morgan fingerprint density at radius 1 is 1.14 bits per heavy atom. The molecule has 22 heavy (non-hydrogen) atoms. The molecule has 0 fully saturated rings. The van der Waals surface area contributed by atoms with Crippen LogP contribution in [0.1, 0.15) is 43.2 Å². The van der Waals surface area contributed by atoms with Crippen LogP contribution in [-0.4, -0.2) is 23.8 Å². The van der Waals surface area contributed by atoms with E-state index in [4.69, 9.17) is 4.42 Å². The van der Waals surface area contributed by atoms with Crippen LogP contribution in [-0.2, 0) is 13.0 Å². The smallest absolute Gasteiger partial charge is 0.315 e. The SMILES string of the molecule is CNCc1nnc(NCCCc2ccc(C(C)C)cc2)o1.Cl. The minimum atomic E-state index is 0. The Morgan fingerprint density at radius 2 is 1.86 bits per heavy atom. The van der Waals surface area contributed by atoms with Gasteiger partial charge < -0.3 is 15.1 Å². The number of nitrogens with one attached hydrogen (secondary N) is 2. The highest BCUT2D eigenvalue weighted by molar-refractivity contribution is 5.85. The minimum absolute atomic E-state index is 0. The van der Waals surface area contributed by atoms with Gasteiger partial charge in [0.25, 0.3) is 0 Å². The fourth-order valence-corrected chi connectivity index (χ4v) is 2.10. The molecule has 6 heteroatoms. The number of benzene rings is 1. The molecule has 2 rings (SSSR count). The zero-order chi connectivity index (χ0) is 15.1. The summed E-state index contributed by atoms with van der Waals surface area (Å²) in [5, 5.41) is 14.0. The van der Waals surface area contributed by atoms with E-state index in [2.05, 4.69) is 58.9 Å². The van der Waals surface area contributed by atoms with Crippen molar-refractivity contribution in [3.63, 3.8) is 0 Å². The van der Waals surface area contributed by atoms with Gasteiger partial charge in [-0.1, -0.05) is 43.2 Å². The monoisotopic (exact) mass is 324 g/mol. The van der Waals surface area contributed by atoms with Crippen molar-refractivity contribution >= 4 is 18.4 Å². The van der Waals surface area contributed by atoms with E-state index in [9.17, 15) is 0 Å². The second kappa shape index (κ2) is 9.43. The summed E-state index contributed by atoms with van der Waals surface area (Å²) in [7, 11) is 1.85. The van der Waals surface area contributed by atoms with Gasteiger partial charge in [0.1, 0.15) is 0 Å². The predicted octanol–water partition coefficient (Wildman–Crippen LogP) is 3.38. The van der Waals surface area contributed by atoms with Crippen LogP contribution >= 0.6 is 12.4 Å². The summed E-state index contributed by atoms with van der Waals surface area (Å²) in [5.74, 6) is 1.19. The lowest BCUT2D eigenvalue weighted by molar-refractivity contribution is 0.489. The molecule has 0 saturated heterocycles. The summed E-state index contributed by atoms with van der Waals surface area (Å²) in [6.45, 7) is 5.85. The van der Waals surface area contributed by atoms with Gasteiger partial charge in [-0.05, 0) is 36.9 Å². The molecule has 0 amide bonds. The van der Waals surface area contributed by atoms with Crippen LogP contribution in [0.25, 0.3) is 0 Å². The van der Waals surface area contributed by atoms with Crippen molar-refractivity contribution in [3.05, 3.63) is 41.3 Å². The lowest BCUT2D eigenvalue weighted by Crippen LogP contribution is -2.05. The molecule has 0 bridgehead atoms. The first-order chi connectivity index (χ1) is 10.2. The van der Waals surface area contributed by atoms with Gasteiger partial charge in [0.15, 0.2) is 0 Å². The molecule has 2 aromatic rings. The van der Waals surface area contributed by atoms with Crippen LogP contribution in [0.15, 0.2) is 28.7 Å². The largest absolute Gasteiger partial charge is 0.407 e. The summed E-state index contributed by atoms with van der Waals surface area (Å²) in [6, 6.07) is 9.36. The van der Waals surface area contributed by atoms with Crippen LogP contribution in [0.3, 0.4) is 0 Å². The molecule has 0 unspecified atom stereocenters. The maximum atomic E-state index is 5.42. The van der Waals surface area contributed by atoms with E-state index in [0.717, 1.165) is 19.4 Å². The van der Waals surface area contributed by atoms with Gasteiger partial charge in [-0.25, -0.2) is 0 Å². The average Bonchev–Trinajstić information content (AvgIpc) is 2.92. The molecular weight excluding hydrogens is 300 g/mol. The number of aromatic nitrogens is 2. The number of aryl methyl sites for hydroxylation is 1. The zero-order valence-electron chi connectivity index (χ0n) is 13.4. The fourth-order valence-electron chi connectivity index (χ4n) is 2.10. The summed E-state index contributed by atoms with van der Waals surface area (Å²) in [4.78, 5) is 0. The first-order valence-corrected chi connectivity index (χ1v) is 7.48. The molecule has 1 aromatic heterocycles. The van der Waals surface area contributed by atoms with Crippen molar-refractivity contribution < 1.29 is 4.42 Å². The Kier molecular flexibility index (Phi) is 7.91. The van der Waals surface area contributed by atoms with Crippen molar-refractivity contribution in [2.45, 2.75) is 39.2 Å². The number of anilines is 1. The molecule has 0 aliphatic heterocycles. The number of halogens is 1.